The molecule has 1 aromatic carbocycles. The van der Waals surface area contributed by atoms with Crippen molar-refractivity contribution < 1.29 is 14.8 Å². The lowest BCUT2D eigenvalue weighted by molar-refractivity contribution is -0.652. The summed E-state index contributed by atoms with van der Waals surface area (Å²) in [4.78, 5) is 11.9. The van der Waals surface area contributed by atoms with E-state index in [0.29, 0.717) is 12.2 Å². The average Bonchev–Trinajstić information content (AvgIpc) is 2.29. The zero-order valence-electron chi connectivity index (χ0n) is 9.30. The maximum atomic E-state index is 11.9. The highest BCUT2D eigenvalue weighted by molar-refractivity contribution is 14.1. The molecule has 94 valence electrons. The fourth-order valence-corrected chi connectivity index (χ4v) is 3.60. The Morgan fingerprint density at radius 2 is 2.06 bits per heavy atom. The van der Waals surface area contributed by atoms with Crippen LogP contribution in [0.15, 0.2) is 12.1 Å². The van der Waals surface area contributed by atoms with Gasteiger partial charge in [-0.25, -0.2) is 4.79 Å². The molecular formula is C11H13I3NO2+. The Morgan fingerprint density at radius 3 is 2.71 bits per heavy atom. The number of esters is 1. The molecule has 0 aliphatic carbocycles. The third-order valence-corrected chi connectivity index (χ3v) is 5.72. The second-order valence-electron chi connectivity index (χ2n) is 3.37. The normalized spacial score (nSPS) is 10.4. The van der Waals surface area contributed by atoms with Crippen molar-refractivity contribution in [3.63, 3.8) is 0 Å². The molecule has 0 unspecified atom stereocenters. The van der Waals surface area contributed by atoms with Gasteiger partial charge in [-0.1, -0.05) is 0 Å². The van der Waals surface area contributed by atoms with Crippen LogP contribution in [0.25, 0.3) is 0 Å². The SMILES string of the molecule is CC[NH2+]CCOC(=O)c1cc(I)cc(I)c1I. The van der Waals surface area contributed by atoms with Gasteiger partial charge in [0.05, 0.1) is 12.1 Å². The summed E-state index contributed by atoms with van der Waals surface area (Å²) in [7, 11) is 0. The first-order valence-corrected chi connectivity index (χ1v) is 8.43. The molecule has 0 saturated heterocycles. The van der Waals surface area contributed by atoms with Crippen molar-refractivity contribution in [3.8, 4) is 0 Å². The van der Waals surface area contributed by atoms with Crippen molar-refractivity contribution in [1.82, 2.24) is 0 Å². The second kappa shape index (κ2) is 8.10. The summed E-state index contributed by atoms with van der Waals surface area (Å²) in [6.07, 6.45) is 0. The van der Waals surface area contributed by atoms with Crippen molar-refractivity contribution in [2.75, 3.05) is 19.7 Å². The van der Waals surface area contributed by atoms with Crippen LogP contribution in [0.3, 0.4) is 0 Å². The van der Waals surface area contributed by atoms with E-state index in [1.165, 1.54) is 0 Å². The Balaban J connectivity index is 2.69. The van der Waals surface area contributed by atoms with Gasteiger partial charge in [-0.2, -0.15) is 0 Å². The molecule has 1 aromatic rings. The molecule has 6 heteroatoms. The largest absolute Gasteiger partial charge is 0.456 e. The van der Waals surface area contributed by atoms with E-state index in [2.05, 4.69) is 80.0 Å². The number of ether oxygens (including phenoxy) is 1. The summed E-state index contributed by atoms with van der Waals surface area (Å²) in [5, 5.41) is 2.11. The van der Waals surface area contributed by atoms with E-state index in [1.54, 1.807) is 0 Å². The molecule has 3 nitrogen and oxygen atoms in total. The smallest absolute Gasteiger partial charge is 0.339 e. The maximum absolute atomic E-state index is 11.9. The van der Waals surface area contributed by atoms with Gasteiger partial charge in [-0.05, 0) is 86.8 Å². The topological polar surface area (TPSA) is 42.9 Å². The first-order chi connectivity index (χ1) is 8.06. The number of nitrogens with two attached hydrogens (primary N) is 1. The molecule has 1 rings (SSSR count). The maximum Gasteiger partial charge on any atom is 0.339 e. The van der Waals surface area contributed by atoms with Crippen molar-refractivity contribution in [2.24, 2.45) is 0 Å². The van der Waals surface area contributed by atoms with E-state index in [9.17, 15) is 4.79 Å². The Labute approximate surface area is 142 Å². The Bertz CT molecular complexity index is 410. The van der Waals surface area contributed by atoms with E-state index < -0.39 is 0 Å². The summed E-state index contributed by atoms with van der Waals surface area (Å²) in [6, 6.07) is 3.92. The first-order valence-electron chi connectivity index (χ1n) is 5.19. The van der Waals surface area contributed by atoms with Gasteiger partial charge < -0.3 is 10.1 Å². The number of carbonyl (C=O) groups is 1. The van der Waals surface area contributed by atoms with Crippen LogP contribution >= 0.6 is 67.8 Å². The quantitative estimate of drug-likeness (QED) is 0.255. The highest BCUT2D eigenvalue weighted by Crippen LogP contribution is 2.23. The number of benzene rings is 1. The average molecular weight is 572 g/mol. The molecular weight excluding hydrogens is 559 g/mol. The molecule has 0 radical (unpaired) electrons. The van der Waals surface area contributed by atoms with Gasteiger partial charge in [0, 0.05) is 10.7 Å². The lowest BCUT2D eigenvalue weighted by Crippen LogP contribution is -2.84. The number of quaternary nitrogens is 1. The Hall–Kier alpha value is 0.840. The lowest BCUT2D eigenvalue weighted by Gasteiger charge is -2.07. The van der Waals surface area contributed by atoms with Gasteiger partial charge >= 0.3 is 5.97 Å². The number of likely N-dealkylation sites (N-methyl/N-ethyl adjacent to an activating group) is 1. The van der Waals surface area contributed by atoms with Crippen molar-refractivity contribution in [3.05, 3.63) is 28.4 Å². The minimum atomic E-state index is -0.227. The highest BCUT2D eigenvalue weighted by atomic mass is 127. The molecule has 0 aromatic heterocycles. The molecule has 17 heavy (non-hydrogen) atoms. The summed E-state index contributed by atoms with van der Waals surface area (Å²) < 4.78 is 8.35. The predicted molar refractivity (Wildman–Crippen MR) is 92.2 cm³/mol. The Morgan fingerprint density at radius 1 is 1.35 bits per heavy atom. The number of hydrogen-bond donors (Lipinski definition) is 1. The van der Waals surface area contributed by atoms with Crippen LogP contribution in [0.2, 0.25) is 0 Å². The summed E-state index contributed by atoms with van der Waals surface area (Å²) in [6.45, 7) is 4.37. The van der Waals surface area contributed by atoms with Gasteiger partial charge in [0.1, 0.15) is 13.2 Å². The molecule has 2 N–H and O–H groups in total. The van der Waals surface area contributed by atoms with Crippen LogP contribution < -0.4 is 5.32 Å². The van der Waals surface area contributed by atoms with E-state index in [1.807, 2.05) is 12.1 Å². The summed E-state index contributed by atoms with van der Waals surface area (Å²) >= 11 is 6.63. The molecule has 0 fully saturated rings. The zero-order chi connectivity index (χ0) is 12.8. The summed E-state index contributed by atoms with van der Waals surface area (Å²) in [5.41, 5.74) is 0.665. The first kappa shape index (κ1) is 15.9. The minimum absolute atomic E-state index is 0.227. The van der Waals surface area contributed by atoms with Gasteiger partial charge in [-0.15, -0.1) is 0 Å². The van der Waals surface area contributed by atoms with Gasteiger partial charge in [0.2, 0.25) is 0 Å². The van der Waals surface area contributed by atoms with Crippen molar-refractivity contribution in [2.45, 2.75) is 6.92 Å². The fourth-order valence-electron chi connectivity index (χ4n) is 1.22. The van der Waals surface area contributed by atoms with E-state index in [0.717, 1.165) is 23.8 Å². The van der Waals surface area contributed by atoms with Crippen LogP contribution in [-0.4, -0.2) is 25.7 Å². The number of hydrogen-bond acceptors (Lipinski definition) is 2. The fraction of sp³-hybridized carbons (Fsp3) is 0.364. The molecule has 0 aliphatic rings. The van der Waals surface area contributed by atoms with Crippen LogP contribution in [0, 0.1) is 10.7 Å². The predicted octanol–water partition coefficient (Wildman–Crippen LogP) is 2.24. The molecule has 0 saturated carbocycles. The zero-order valence-corrected chi connectivity index (χ0v) is 15.8. The third kappa shape index (κ3) is 5.15. The van der Waals surface area contributed by atoms with E-state index >= 15 is 0 Å². The van der Waals surface area contributed by atoms with Crippen molar-refractivity contribution >= 4 is 73.7 Å². The van der Waals surface area contributed by atoms with Gasteiger partial charge in [-0.3, -0.25) is 0 Å². The van der Waals surface area contributed by atoms with Crippen molar-refractivity contribution in [1.29, 1.82) is 0 Å². The second-order valence-corrected chi connectivity index (χ2v) is 6.86. The number of carbonyl (C=O) groups excluding carboxylic acids is 1. The van der Waals surface area contributed by atoms with E-state index in [4.69, 9.17) is 4.74 Å². The monoisotopic (exact) mass is 572 g/mol. The van der Waals surface area contributed by atoms with Crippen LogP contribution in [0.1, 0.15) is 17.3 Å². The molecule has 0 amide bonds. The summed E-state index contributed by atoms with van der Waals surface area (Å²) in [5.74, 6) is -0.227. The minimum Gasteiger partial charge on any atom is -0.456 e. The standard InChI is InChI=1S/C11H12I3NO2/c1-2-15-3-4-17-11(16)8-5-7(12)6-9(13)10(8)14/h5-6,15H,2-4H2,1H3/p+1. The molecule has 0 heterocycles. The number of rotatable bonds is 5. The molecule has 0 bridgehead atoms. The number of halogens is 3. The van der Waals surface area contributed by atoms with Gasteiger partial charge in [0.25, 0.3) is 0 Å². The van der Waals surface area contributed by atoms with Crippen LogP contribution in [0.4, 0.5) is 0 Å². The van der Waals surface area contributed by atoms with E-state index in [-0.39, 0.29) is 5.97 Å². The molecule has 0 spiro atoms. The Kier molecular flexibility index (Phi) is 7.57. The van der Waals surface area contributed by atoms with Crippen LogP contribution in [-0.2, 0) is 4.74 Å². The van der Waals surface area contributed by atoms with Gasteiger partial charge in [0.15, 0.2) is 0 Å². The third-order valence-electron chi connectivity index (χ3n) is 2.06. The highest BCUT2D eigenvalue weighted by Gasteiger charge is 2.14. The molecule has 0 aliphatic heterocycles. The lowest BCUT2D eigenvalue weighted by atomic mass is 10.2. The molecule has 0 atom stereocenters. The van der Waals surface area contributed by atoms with Crippen LogP contribution in [0.5, 0.6) is 0 Å².